The molecule has 1 aromatic carbocycles. The molecule has 130 valence electrons. The standard InChI is InChI=1S/C18H29NO3S/c1-14(18(2,3)4)11-17(20)19-16-8-6-7-15(12-16)13-23(21)10-9-22-5/h6-8,12,14H,9-11,13H2,1-5H3,(H,19,20)/t14-,23+/m0/s1. The van der Waals surface area contributed by atoms with Gasteiger partial charge < -0.3 is 10.1 Å². The maximum atomic E-state index is 12.2. The Kier molecular flexibility index (Phi) is 7.92. The molecule has 0 aromatic heterocycles. The largest absolute Gasteiger partial charge is 0.384 e. The monoisotopic (exact) mass is 339 g/mol. The molecular formula is C18H29NO3S. The topological polar surface area (TPSA) is 55.4 Å². The average molecular weight is 340 g/mol. The van der Waals surface area contributed by atoms with E-state index in [0.717, 1.165) is 11.3 Å². The van der Waals surface area contributed by atoms with Crippen molar-refractivity contribution in [2.24, 2.45) is 11.3 Å². The molecule has 4 nitrogen and oxygen atoms in total. The predicted molar refractivity (Wildman–Crippen MR) is 96.9 cm³/mol. The van der Waals surface area contributed by atoms with E-state index in [1.807, 2.05) is 24.3 Å². The average Bonchev–Trinajstić information content (AvgIpc) is 2.44. The number of anilines is 1. The van der Waals surface area contributed by atoms with Crippen LogP contribution in [0.25, 0.3) is 0 Å². The maximum absolute atomic E-state index is 12.2. The normalized spacial score (nSPS) is 14.3. The predicted octanol–water partition coefficient (Wildman–Crippen LogP) is 3.59. The lowest BCUT2D eigenvalue weighted by Crippen LogP contribution is -2.23. The molecule has 1 amide bonds. The molecule has 0 fully saturated rings. The summed E-state index contributed by atoms with van der Waals surface area (Å²) in [5.74, 6) is 1.32. The van der Waals surface area contributed by atoms with Gasteiger partial charge in [0.15, 0.2) is 0 Å². The molecule has 0 saturated heterocycles. The van der Waals surface area contributed by atoms with Crippen molar-refractivity contribution in [3.05, 3.63) is 29.8 Å². The fraction of sp³-hybridized carbons (Fsp3) is 0.611. The molecule has 0 aliphatic carbocycles. The van der Waals surface area contributed by atoms with E-state index in [4.69, 9.17) is 4.74 Å². The second kappa shape index (κ2) is 9.18. The molecular weight excluding hydrogens is 310 g/mol. The second-order valence-electron chi connectivity index (χ2n) is 7.00. The molecule has 0 radical (unpaired) electrons. The van der Waals surface area contributed by atoms with Crippen LogP contribution in [0.1, 0.15) is 39.7 Å². The van der Waals surface area contributed by atoms with Crippen molar-refractivity contribution < 1.29 is 13.7 Å². The first-order valence-electron chi connectivity index (χ1n) is 7.95. The molecule has 0 saturated carbocycles. The zero-order chi connectivity index (χ0) is 17.5. The quantitative estimate of drug-likeness (QED) is 0.787. The molecule has 2 atom stereocenters. The first kappa shape index (κ1) is 19.8. The second-order valence-corrected chi connectivity index (χ2v) is 8.58. The van der Waals surface area contributed by atoms with Crippen molar-refractivity contribution in [2.75, 3.05) is 24.8 Å². The highest BCUT2D eigenvalue weighted by atomic mass is 32.2. The zero-order valence-corrected chi connectivity index (χ0v) is 15.7. The van der Waals surface area contributed by atoms with Gasteiger partial charge in [0.2, 0.25) is 5.91 Å². The molecule has 0 unspecified atom stereocenters. The Bertz CT molecular complexity index is 537. The fourth-order valence-electron chi connectivity index (χ4n) is 1.97. The van der Waals surface area contributed by atoms with Gasteiger partial charge in [0.1, 0.15) is 0 Å². The molecule has 23 heavy (non-hydrogen) atoms. The molecule has 0 bridgehead atoms. The highest BCUT2D eigenvalue weighted by molar-refractivity contribution is 7.84. The van der Waals surface area contributed by atoms with Crippen molar-refractivity contribution >= 4 is 22.4 Å². The van der Waals surface area contributed by atoms with Crippen LogP contribution in [0, 0.1) is 11.3 Å². The lowest BCUT2D eigenvalue weighted by Gasteiger charge is -2.26. The van der Waals surface area contributed by atoms with E-state index in [-0.39, 0.29) is 11.3 Å². The first-order valence-corrected chi connectivity index (χ1v) is 9.44. The molecule has 0 aliphatic heterocycles. The summed E-state index contributed by atoms with van der Waals surface area (Å²) in [6.07, 6.45) is 0.494. The van der Waals surface area contributed by atoms with E-state index in [1.165, 1.54) is 0 Å². The van der Waals surface area contributed by atoms with Gasteiger partial charge in [-0.15, -0.1) is 0 Å². The number of amides is 1. The minimum atomic E-state index is -0.950. The molecule has 0 spiro atoms. The number of hydrogen-bond acceptors (Lipinski definition) is 3. The SMILES string of the molecule is COCC[S@@](=O)Cc1cccc(NC(=O)C[C@H](C)C(C)(C)C)c1. The summed E-state index contributed by atoms with van der Waals surface area (Å²) in [4.78, 5) is 12.2. The van der Waals surface area contributed by atoms with E-state index in [9.17, 15) is 9.00 Å². The highest BCUT2D eigenvalue weighted by Crippen LogP contribution is 2.28. The number of rotatable bonds is 8. The summed E-state index contributed by atoms with van der Waals surface area (Å²) in [6, 6.07) is 7.56. The van der Waals surface area contributed by atoms with Gasteiger partial charge in [-0.2, -0.15) is 0 Å². The summed E-state index contributed by atoms with van der Waals surface area (Å²) < 4.78 is 16.8. The van der Waals surface area contributed by atoms with E-state index in [2.05, 4.69) is 33.0 Å². The number of ether oxygens (including phenoxy) is 1. The zero-order valence-electron chi connectivity index (χ0n) is 14.8. The molecule has 0 aliphatic rings. The first-order chi connectivity index (χ1) is 10.7. The molecule has 5 heteroatoms. The summed E-state index contributed by atoms with van der Waals surface area (Å²) in [5.41, 5.74) is 1.83. The van der Waals surface area contributed by atoms with Crippen LogP contribution in [-0.4, -0.2) is 29.6 Å². The third-order valence-corrected chi connectivity index (χ3v) is 5.30. The maximum Gasteiger partial charge on any atom is 0.224 e. The molecule has 1 rings (SSSR count). The third-order valence-electron chi connectivity index (χ3n) is 4.02. The van der Waals surface area contributed by atoms with Crippen LogP contribution in [0.2, 0.25) is 0 Å². The van der Waals surface area contributed by atoms with Crippen LogP contribution in [0.4, 0.5) is 5.69 Å². The van der Waals surface area contributed by atoms with Crippen LogP contribution in [0.5, 0.6) is 0 Å². The number of carbonyl (C=O) groups excluding carboxylic acids is 1. The minimum Gasteiger partial charge on any atom is -0.384 e. The van der Waals surface area contributed by atoms with Crippen LogP contribution in [-0.2, 0) is 26.1 Å². The number of nitrogens with one attached hydrogen (secondary N) is 1. The van der Waals surface area contributed by atoms with Crippen LogP contribution < -0.4 is 5.32 Å². The van der Waals surface area contributed by atoms with Crippen LogP contribution >= 0.6 is 0 Å². The highest BCUT2D eigenvalue weighted by Gasteiger charge is 2.22. The van der Waals surface area contributed by atoms with Crippen molar-refractivity contribution in [1.29, 1.82) is 0 Å². The number of benzene rings is 1. The summed E-state index contributed by atoms with van der Waals surface area (Å²) >= 11 is 0. The Balaban J connectivity index is 2.60. The lowest BCUT2D eigenvalue weighted by molar-refractivity contribution is -0.117. The summed E-state index contributed by atoms with van der Waals surface area (Å²) in [5, 5.41) is 2.94. The van der Waals surface area contributed by atoms with Gasteiger partial charge in [0.05, 0.1) is 6.61 Å². The molecule has 1 N–H and O–H groups in total. The van der Waals surface area contributed by atoms with Crippen LogP contribution in [0.15, 0.2) is 24.3 Å². The van der Waals surface area contributed by atoms with Crippen molar-refractivity contribution in [3.63, 3.8) is 0 Å². The van der Waals surface area contributed by atoms with E-state index in [1.54, 1.807) is 7.11 Å². The Morgan fingerprint density at radius 1 is 1.35 bits per heavy atom. The van der Waals surface area contributed by atoms with Crippen LogP contribution in [0.3, 0.4) is 0 Å². The van der Waals surface area contributed by atoms with E-state index >= 15 is 0 Å². The third kappa shape index (κ3) is 7.75. The van der Waals surface area contributed by atoms with Crippen molar-refractivity contribution in [1.82, 2.24) is 0 Å². The summed E-state index contributed by atoms with van der Waals surface area (Å²) in [7, 11) is 0.653. The molecule has 0 heterocycles. The van der Waals surface area contributed by atoms with Gasteiger partial charge in [-0.05, 0) is 29.0 Å². The Morgan fingerprint density at radius 3 is 2.65 bits per heavy atom. The van der Waals surface area contributed by atoms with E-state index in [0.29, 0.717) is 30.5 Å². The lowest BCUT2D eigenvalue weighted by atomic mass is 9.80. The number of carbonyl (C=O) groups is 1. The minimum absolute atomic E-state index is 0.0186. The van der Waals surface area contributed by atoms with E-state index < -0.39 is 10.8 Å². The Morgan fingerprint density at radius 2 is 2.04 bits per heavy atom. The van der Waals surface area contributed by atoms with Gasteiger partial charge in [-0.1, -0.05) is 39.8 Å². The van der Waals surface area contributed by atoms with Gasteiger partial charge >= 0.3 is 0 Å². The Hall–Kier alpha value is -1.20. The van der Waals surface area contributed by atoms with Gasteiger partial charge in [0.25, 0.3) is 0 Å². The van der Waals surface area contributed by atoms with Gasteiger partial charge in [0, 0.05) is 41.5 Å². The van der Waals surface area contributed by atoms with Gasteiger partial charge in [-0.3, -0.25) is 9.00 Å². The number of hydrogen-bond donors (Lipinski definition) is 1. The van der Waals surface area contributed by atoms with Crippen molar-refractivity contribution in [3.8, 4) is 0 Å². The van der Waals surface area contributed by atoms with Crippen molar-refractivity contribution in [2.45, 2.75) is 39.9 Å². The molecule has 1 aromatic rings. The van der Waals surface area contributed by atoms with Gasteiger partial charge in [-0.25, -0.2) is 0 Å². The summed E-state index contributed by atoms with van der Waals surface area (Å²) in [6.45, 7) is 9.01. The smallest absolute Gasteiger partial charge is 0.224 e. The fourth-order valence-corrected chi connectivity index (χ4v) is 3.02. The Labute approximate surface area is 142 Å². The number of methoxy groups -OCH3 is 1.